The molecule has 0 amide bonds. The van der Waals surface area contributed by atoms with Crippen LogP contribution in [0.5, 0.6) is 0 Å². The zero-order valence-electron chi connectivity index (χ0n) is 15.6. The topological polar surface area (TPSA) is 111 Å². The van der Waals surface area contributed by atoms with Gasteiger partial charge in [0.15, 0.2) is 0 Å². The van der Waals surface area contributed by atoms with E-state index in [4.69, 9.17) is 9.31 Å². The van der Waals surface area contributed by atoms with E-state index in [1.165, 1.54) is 19.2 Å². The first kappa shape index (κ1) is 21.3. The second-order valence-corrected chi connectivity index (χ2v) is 10.9. The predicted molar refractivity (Wildman–Crippen MR) is 100 cm³/mol. The van der Waals surface area contributed by atoms with Crippen LogP contribution < -0.4 is 14.9 Å². The Morgan fingerprint density at radius 2 is 1.46 bits per heavy atom. The Bertz CT molecular complexity index is 835. The molecule has 1 heterocycles. The fourth-order valence-corrected chi connectivity index (χ4v) is 4.02. The Morgan fingerprint density at radius 1 is 0.962 bits per heavy atom. The molecule has 8 nitrogen and oxygen atoms in total. The molecule has 0 bridgehead atoms. The van der Waals surface area contributed by atoms with Crippen LogP contribution >= 0.6 is 0 Å². The number of hydrogen-bond acceptors (Lipinski definition) is 6. The van der Waals surface area contributed by atoms with E-state index in [0.717, 1.165) is 0 Å². The summed E-state index contributed by atoms with van der Waals surface area (Å²) in [6.45, 7) is 7.54. The number of sulfonamides is 2. The molecule has 2 N–H and O–H groups in total. The molecule has 0 saturated carbocycles. The molecule has 1 saturated heterocycles. The van der Waals surface area contributed by atoms with Crippen LogP contribution in [0.1, 0.15) is 27.7 Å². The van der Waals surface area contributed by atoms with E-state index in [-0.39, 0.29) is 17.2 Å². The van der Waals surface area contributed by atoms with Gasteiger partial charge < -0.3 is 9.31 Å². The highest BCUT2D eigenvalue weighted by Gasteiger charge is 2.51. The van der Waals surface area contributed by atoms with Gasteiger partial charge in [-0.05, 0) is 52.3 Å². The lowest BCUT2D eigenvalue weighted by atomic mass is 9.79. The van der Waals surface area contributed by atoms with E-state index in [1.807, 2.05) is 27.7 Å². The van der Waals surface area contributed by atoms with Gasteiger partial charge >= 0.3 is 7.12 Å². The Morgan fingerprint density at radius 3 is 1.92 bits per heavy atom. The van der Waals surface area contributed by atoms with E-state index in [0.29, 0.717) is 5.46 Å². The summed E-state index contributed by atoms with van der Waals surface area (Å²) in [6.07, 6.45) is 0. The monoisotopic (exact) mass is 404 g/mol. The number of rotatable bonds is 7. The van der Waals surface area contributed by atoms with Crippen molar-refractivity contribution < 1.29 is 26.1 Å². The van der Waals surface area contributed by atoms with E-state index in [2.05, 4.69) is 9.44 Å². The molecule has 2 rings (SSSR count). The summed E-state index contributed by atoms with van der Waals surface area (Å²) in [5.41, 5.74) is -0.258. The lowest BCUT2D eigenvalue weighted by Crippen LogP contribution is -2.41. The lowest BCUT2D eigenvalue weighted by molar-refractivity contribution is 0.00578. The van der Waals surface area contributed by atoms with Crippen LogP contribution in [0, 0.1) is 0 Å². The van der Waals surface area contributed by atoms with E-state index in [9.17, 15) is 16.8 Å². The second kappa shape index (κ2) is 7.21. The van der Waals surface area contributed by atoms with Crippen molar-refractivity contribution in [2.75, 3.05) is 19.3 Å². The van der Waals surface area contributed by atoms with Gasteiger partial charge in [0.25, 0.3) is 0 Å². The maximum Gasteiger partial charge on any atom is 0.494 e. The molecular formula is C15H25BN2O6S2. The first-order chi connectivity index (χ1) is 11.8. The SMILES string of the molecule is CNS(=O)(=O)CCNS(=O)(=O)c1ccc(B2OC(C)(C)C(C)(C)O2)cc1. The van der Waals surface area contributed by atoms with E-state index >= 15 is 0 Å². The Balaban J connectivity index is 2.07. The number of benzene rings is 1. The molecule has 0 aromatic heterocycles. The highest BCUT2D eigenvalue weighted by molar-refractivity contribution is 7.90. The van der Waals surface area contributed by atoms with Gasteiger partial charge in [-0.25, -0.2) is 26.3 Å². The first-order valence-electron chi connectivity index (χ1n) is 8.16. The molecule has 0 radical (unpaired) electrons. The lowest BCUT2D eigenvalue weighted by Gasteiger charge is -2.32. The molecule has 1 aliphatic heterocycles. The van der Waals surface area contributed by atoms with Gasteiger partial charge in [0, 0.05) is 6.54 Å². The van der Waals surface area contributed by atoms with E-state index < -0.39 is 38.4 Å². The molecule has 26 heavy (non-hydrogen) atoms. The first-order valence-corrected chi connectivity index (χ1v) is 11.3. The zero-order valence-corrected chi connectivity index (χ0v) is 17.2. The summed E-state index contributed by atoms with van der Waals surface area (Å²) in [5, 5.41) is 0. The summed E-state index contributed by atoms with van der Waals surface area (Å²) in [7, 11) is -6.58. The third-order valence-electron chi connectivity index (χ3n) is 4.69. The molecule has 146 valence electrons. The molecule has 0 unspecified atom stereocenters. The van der Waals surface area contributed by atoms with Crippen LogP contribution in [-0.4, -0.2) is 54.5 Å². The minimum absolute atomic E-state index is 0.0413. The number of hydrogen-bond donors (Lipinski definition) is 2. The largest absolute Gasteiger partial charge is 0.494 e. The Hall–Kier alpha value is -0.975. The van der Waals surface area contributed by atoms with Crippen molar-refractivity contribution in [3.8, 4) is 0 Å². The normalized spacial score (nSPS) is 19.7. The average molecular weight is 404 g/mol. The Kier molecular flexibility index (Phi) is 5.92. The van der Waals surface area contributed by atoms with Gasteiger partial charge in [0.1, 0.15) is 0 Å². The van der Waals surface area contributed by atoms with Crippen LogP contribution in [0.25, 0.3) is 0 Å². The zero-order chi connectivity index (χ0) is 19.8. The van der Waals surface area contributed by atoms with Crippen molar-refractivity contribution >= 4 is 32.6 Å². The Labute approximate surface area is 155 Å². The minimum Gasteiger partial charge on any atom is -0.399 e. The van der Waals surface area contributed by atoms with Crippen LogP contribution in [0.3, 0.4) is 0 Å². The van der Waals surface area contributed by atoms with Crippen molar-refractivity contribution in [2.45, 2.75) is 43.8 Å². The maximum absolute atomic E-state index is 12.3. The van der Waals surface area contributed by atoms with Gasteiger partial charge in [-0.3, -0.25) is 0 Å². The standard InChI is InChI=1S/C15H25BN2O6S2/c1-14(2)15(3,4)24-16(23-14)12-6-8-13(9-7-12)26(21,22)18-10-11-25(19,20)17-5/h6-9,17-18H,10-11H2,1-5H3. The fraction of sp³-hybridized carbons (Fsp3) is 0.600. The summed E-state index contributed by atoms with van der Waals surface area (Å²) in [6, 6.07) is 6.13. The molecule has 1 aromatic carbocycles. The van der Waals surface area contributed by atoms with Crippen LogP contribution in [0.15, 0.2) is 29.2 Å². The molecule has 1 aliphatic rings. The average Bonchev–Trinajstić information content (AvgIpc) is 2.75. The molecular weight excluding hydrogens is 379 g/mol. The highest BCUT2D eigenvalue weighted by atomic mass is 32.2. The van der Waals surface area contributed by atoms with Crippen LogP contribution in [-0.2, 0) is 29.4 Å². The third kappa shape index (κ3) is 4.65. The fourth-order valence-electron chi connectivity index (χ4n) is 2.28. The van der Waals surface area contributed by atoms with E-state index in [1.54, 1.807) is 12.1 Å². The molecule has 1 aromatic rings. The summed E-state index contributed by atoms with van der Waals surface area (Å²) < 4.78 is 63.5. The highest BCUT2D eigenvalue weighted by Crippen LogP contribution is 2.36. The van der Waals surface area contributed by atoms with Crippen molar-refractivity contribution in [3.63, 3.8) is 0 Å². The van der Waals surface area contributed by atoms with Crippen LogP contribution in [0.2, 0.25) is 0 Å². The van der Waals surface area contributed by atoms with Gasteiger partial charge in [-0.15, -0.1) is 0 Å². The molecule has 1 fully saturated rings. The van der Waals surface area contributed by atoms with Gasteiger partial charge in [0.2, 0.25) is 20.0 Å². The number of nitrogens with one attached hydrogen (secondary N) is 2. The van der Waals surface area contributed by atoms with Gasteiger partial charge in [-0.1, -0.05) is 12.1 Å². The second-order valence-electron chi connectivity index (χ2n) is 7.08. The molecule has 0 atom stereocenters. The quantitative estimate of drug-likeness (QED) is 0.610. The smallest absolute Gasteiger partial charge is 0.399 e. The van der Waals surface area contributed by atoms with Crippen molar-refractivity contribution in [1.29, 1.82) is 0 Å². The predicted octanol–water partition coefficient (Wildman–Crippen LogP) is -0.187. The summed E-state index contributed by atoms with van der Waals surface area (Å²) in [5.74, 6) is -0.339. The van der Waals surface area contributed by atoms with Crippen LogP contribution in [0.4, 0.5) is 0 Å². The minimum atomic E-state index is -3.80. The molecule has 0 spiro atoms. The van der Waals surface area contributed by atoms with Crippen molar-refractivity contribution in [2.24, 2.45) is 0 Å². The maximum atomic E-state index is 12.3. The summed E-state index contributed by atoms with van der Waals surface area (Å²) in [4.78, 5) is 0.0413. The van der Waals surface area contributed by atoms with Crippen molar-refractivity contribution in [3.05, 3.63) is 24.3 Å². The summed E-state index contributed by atoms with van der Waals surface area (Å²) >= 11 is 0. The van der Waals surface area contributed by atoms with Gasteiger partial charge in [0.05, 0.1) is 21.9 Å². The van der Waals surface area contributed by atoms with Gasteiger partial charge in [-0.2, -0.15) is 0 Å². The third-order valence-corrected chi connectivity index (χ3v) is 7.53. The van der Waals surface area contributed by atoms with Crippen molar-refractivity contribution in [1.82, 2.24) is 9.44 Å². The molecule has 11 heteroatoms. The molecule has 0 aliphatic carbocycles.